The zero-order chi connectivity index (χ0) is 16.9. The first kappa shape index (κ1) is 17.7. The van der Waals surface area contributed by atoms with Gasteiger partial charge in [0.1, 0.15) is 12.4 Å². The van der Waals surface area contributed by atoms with Crippen LogP contribution >= 0.6 is 0 Å². The highest BCUT2D eigenvalue weighted by Gasteiger charge is 1.98. The second kappa shape index (κ2) is 11.0. The summed E-state index contributed by atoms with van der Waals surface area (Å²) in [4.78, 5) is 8.16. The molecule has 1 aromatic heterocycles. The van der Waals surface area contributed by atoms with Gasteiger partial charge >= 0.3 is 0 Å². The van der Waals surface area contributed by atoms with Gasteiger partial charge in [0, 0.05) is 19.8 Å². The van der Waals surface area contributed by atoms with E-state index in [1.54, 1.807) is 19.4 Å². The average Bonchev–Trinajstić information content (AvgIpc) is 2.65. The number of ether oxygens (including phenoxy) is 2. The molecule has 0 aliphatic carbocycles. The molecule has 0 saturated carbocycles. The van der Waals surface area contributed by atoms with Crippen LogP contribution in [0, 0.1) is 0 Å². The summed E-state index contributed by atoms with van der Waals surface area (Å²) in [6.45, 7) is 3.11. The molecular weight excluding hydrogens is 304 g/mol. The molecule has 24 heavy (non-hydrogen) atoms. The Hall–Kier alpha value is -2.60. The Balaban J connectivity index is 1.52. The quantitative estimate of drug-likeness (QED) is 0.418. The summed E-state index contributed by atoms with van der Waals surface area (Å²) in [7, 11) is 1.74. The Morgan fingerprint density at radius 1 is 1.04 bits per heavy atom. The summed E-state index contributed by atoms with van der Waals surface area (Å²) in [6.07, 6.45) is 3.41. The van der Waals surface area contributed by atoms with Crippen molar-refractivity contribution in [2.24, 2.45) is 4.99 Å². The number of guanidine groups is 1. The van der Waals surface area contributed by atoms with Gasteiger partial charge in [-0.3, -0.25) is 9.98 Å². The fourth-order valence-corrected chi connectivity index (χ4v) is 2.00. The third-order valence-corrected chi connectivity index (χ3v) is 3.17. The summed E-state index contributed by atoms with van der Waals surface area (Å²) in [5.41, 5.74) is 1.17. The highest BCUT2D eigenvalue weighted by Crippen LogP contribution is 2.04. The van der Waals surface area contributed by atoms with Crippen molar-refractivity contribution in [2.75, 3.05) is 33.4 Å². The van der Waals surface area contributed by atoms with E-state index < -0.39 is 0 Å². The van der Waals surface area contributed by atoms with Gasteiger partial charge in [-0.15, -0.1) is 0 Å². The van der Waals surface area contributed by atoms with Crippen molar-refractivity contribution in [2.45, 2.75) is 6.61 Å². The van der Waals surface area contributed by atoms with Gasteiger partial charge in [-0.05, 0) is 17.7 Å². The van der Waals surface area contributed by atoms with Crippen LogP contribution in [-0.4, -0.2) is 44.3 Å². The van der Waals surface area contributed by atoms with E-state index >= 15 is 0 Å². The fourth-order valence-electron chi connectivity index (χ4n) is 2.00. The molecule has 0 aliphatic rings. The van der Waals surface area contributed by atoms with Crippen molar-refractivity contribution < 1.29 is 9.47 Å². The number of hydrogen-bond donors (Lipinski definition) is 2. The van der Waals surface area contributed by atoms with E-state index in [4.69, 9.17) is 9.47 Å². The number of benzene rings is 1. The number of hydrogen-bond acceptors (Lipinski definition) is 4. The van der Waals surface area contributed by atoms with Crippen LogP contribution in [0.4, 0.5) is 0 Å². The summed E-state index contributed by atoms with van der Waals surface area (Å²) < 4.78 is 11.2. The number of aliphatic imine (C=N–C) groups is 1. The zero-order valence-corrected chi connectivity index (χ0v) is 13.9. The van der Waals surface area contributed by atoms with E-state index in [2.05, 4.69) is 32.7 Å². The Morgan fingerprint density at radius 3 is 2.54 bits per heavy atom. The van der Waals surface area contributed by atoms with Gasteiger partial charge in [0.25, 0.3) is 0 Å². The van der Waals surface area contributed by atoms with Crippen LogP contribution in [-0.2, 0) is 11.3 Å². The Kier molecular flexibility index (Phi) is 8.15. The van der Waals surface area contributed by atoms with Gasteiger partial charge in [0.15, 0.2) is 5.96 Å². The van der Waals surface area contributed by atoms with Crippen molar-refractivity contribution in [3.8, 4) is 5.75 Å². The number of rotatable bonds is 9. The Labute approximate surface area is 142 Å². The first-order valence-electron chi connectivity index (χ1n) is 7.97. The zero-order valence-electron chi connectivity index (χ0n) is 13.9. The molecule has 2 N–H and O–H groups in total. The number of nitrogens with zero attached hydrogens (tertiary/aromatic N) is 2. The van der Waals surface area contributed by atoms with Gasteiger partial charge in [0.2, 0.25) is 0 Å². The fraction of sp³-hybridized carbons (Fsp3) is 0.333. The minimum Gasteiger partial charge on any atom is -0.490 e. The molecule has 0 saturated heterocycles. The third-order valence-electron chi connectivity index (χ3n) is 3.17. The van der Waals surface area contributed by atoms with Gasteiger partial charge < -0.3 is 20.1 Å². The van der Waals surface area contributed by atoms with Crippen LogP contribution in [0.3, 0.4) is 0 Å². The third kappa shape index (κ3) is 7.11. The lowest BCUT2D eigenvalue weighted by Crippen LogP contribution is -2.40. The smallest absolute Gasteiger partial charge is 0.191 e. The highest BCUT2D eigenvalue weighted by molar-refractivity contribution is 5.79. The monoisotopic (exact) mass is 328 g/mol. The second-order valence-electron chi connectivity index (χ2n) is 5.00. The van der Waals surface area contributed by atoms with Crippen molar-refractivity contribution in [3.05, 3.63) is 60.4 Å². The Bertz CT molecular complexity index is 590. The molecule has 0 amide bonds. The lowest BCUT2D eigenvalue weighted by Gasteiger charge is -2.12. The van der Waals surface area contributed by atoms with E-state index in [1.807, 2.05) is 30.3 Å². The summed E-state index contributed by atoms with van der Waals surface area (Å²) in [5.74, 6) is 1.49. The summed E-state index contributed by atoms with van der Waals surface area (Å²) in [6, 6.07) is 13.8. The van der Waals surface area contributed by atoms with Gasteiger partial charge in [-0.25, -0.2) is 0 Å². The van der Waals surface area contributed by atoms with E-state index in [0.717, 1.165) is 11.7 Å². The van der Waals surface area contributed by atoms with E-state index in [9.17, 15) is 0 Å². The van der Waals surface area contributed by atoms with Crippen molar-refractivity contribution in [1.82, 2.24) is 15.6 Å². The lowest BCUT2D eigenvalue weighted by molar-refractivity contribution is 0.125. The molecule has 0 unspecified atom stereocenters. The number of pyridine rings is 1. The molecule has 0 fully saturated rings. The molecule has 1 heterocycles. The molecule has 6 nitrogen and oxygen atoms in total. The summed E-state index contributed by atoms with van der Waals surface area (Å²) >= 11 is 0. The van der Waals surface area contributed by atoms with Crippen LogP contribution in [0.5, 0.6) is 5.75 Å². The summed E-state index contributed by atoms with van der Waals surface area (Å²) in [5, 5.41) is 6.39. The maximum Gasteiger partial charge on any atom is 0.191 e. The molecule has 2 rings (SSSR count). The average molecular weight is 328 g/mol. The Morgan fingerprint density at radius 2 is 1.83 bits per heavy atom. The van der Waals surface area contributed by atoms with Crippen molar-refractivity contribution in [1.29, 1.82) is 0 Å². The largest absolute Gasteiger partial charge is 0.490 e. The van der Waals surface area contributed by atoms with Crippen LogP contribution < -0.4 is 15.4 Å². The van der Waals surface area contributed by atoms with Crippen LogP contribution in [0.15, 0.2) is 59.9 Å². The molecule has 0 bridgehead atoms. The molecule has 0 atom stereocenters. The first-order chi connectivity index (χ1) is 11.9. The van der Waals surface area contributed by atoms with Crippen LogP contribution in [0.2, 0.25) is 0 Å². The van der Waals surface area contributed by atoms with Crippen molar-refractivity contribution in [3.63, 3.8) is 0 Å². The highest BCUT2D eigenvalue weighted by atomic mass is 16.5. The molecule has 0 radical (unpaired) electrons. The minimum absolute atomic E-state index is 0.539. The normalized spacial score (nSPS) is 11.1. The van der Waals surface area contributed by atoms with E-state index in [-0.39, 0.29) is 0 Å². The topological polar surface area (TPSA) is 67.8 Å². The van der Waals surface area contributed by atoms with Crippen LogP contribution in [0.25, 0.3) is 0 Å². The molecule has 6 heteroatoms. The van der Waals surface area contributed by atoms with Gasteiger partial charge in [-0.1, -0.05) is 30.3 Å². The second-order valence-corrected chi connectivity index (χ2v) is 5.00. The molecular formula is C18H24N4O2. The van der Waals surface area contributed by atoms with E-state index in [1.165, 1.54) is 5.56 Å². The molecule has 2 aromatic rings. The van der Waals surface area contributed by atoms with Gasteiger partial charge in [0.05, 0.1) is 26.0 Å². The first-order valence-corrected chi connectivity index (χ1v) is 7.97. The number of nitrogens with one attached hydrogen (secondary N) is 2. The standard InChI is InChI=1S/C18H24N4O2/c1-19-18(22-11-13-24-17-8-5-9-20-14-17)21-10-12-23-15-16-6-3-2-4-7-16/h2-9,14H,10-13,15H2,1H3,(H2,19,21,22). The molecule has 128 valence electrons. The maximum atomic E-state index is 5.62. The lowest BCUT2D eigenvalue weighted by atomic mass is 10.2. The molecule has 0 spiro atoms. The maximum absolute atomic E-state index is 5.62. The SMILES string of the molecule is CN=C(NCCOCc1ccccc1)NCCOc1cccnc1. The number of aromatic nitrogens is 1. The predicted molar refractivity (Wildman–Crippen MR) is 95.2 cm³/mol. The van der Waals surface area contributed by atoms with Crippen LogP contribution in [0.1, 0.15) is 5.56 Å². The predicted octanol–water partition coefficient (Wildman–Crippen LogP) is 1.84. The van der Waals surface area contributed by atoms with E-state index in [0.29, 0.717) is 32.9 Å². The minimum atomic E-state index is 0.539. The van der Waals surface area contributed by atoms with Crippen molar-refractivity contribution >= 4 is 5.96 Å². The van der Waals surface area contributed by atoms with Gasteiger partial charge in [-0.2, -0.15) is 0 Å². The molecule has 1 aromatic carbocycles. The molecule has 0 aliphatic heterocycles.